The van der Waals surface area contributed by atoms with Crippen LogP contribution >= 0.6 is 12.4 Å². The van der Waals surface area contributed by atoms with Gasteiger partial charge in [0.05, 0.1) is 12.3 Å². The molecule has 0 saturated heterocycles. The van der Waals surface area contributed by atoms with E-state index in [0.29, 0.717) is 5.69 Å². The number of hydrogen-bond donors (Lipinski definition) is 3. The minimum atomic E-state index is -0.745. The molecule has 0 heterocycles. The molecular formula is C11H17ClN2O3. The number of carbonyl (C=O) groups is 1. The number of aryl methyl sites for hydroxylation is 1. The molecule has 1 aromatic rings. The first-order valence-corrected chi connectivity index (χ1v) is 4.89. The van der Waals surface area contributed by atoms with Gasteiger partial charge in [-0.05, 0) is 24.6 Å². The highest BCUT2D eigenvalue weighted by molar-refractivity contribution is 5.96. The average molecular weight is 261 g/mol. The van der Waals surface area contributed by atoms with Crippen LogP contribution in [0.4, 0.5) is 5.69 Å². The van der Waals surface area contributed by atoms with Gasteiger partial charge in [0.1, 0.15) is 11.8 Å². The zero-order valence-corrected chi connectivity index (χ0v) is 10.6. The van der Waals surface area contributed by atoms with Crippen molar-refractivity contribution in [3.8, 4) is 5.75 Å². The normalized spacial score (nSPS) is 11.5. The monoisotopic (exact) mass is 260 g/mol. The van der Waals surface area contributed by atoms with Crippen LogP contribution < -0.4 is 11.1 Å². The van der Waals surface area contributed by atoms with Crippen LogP contribution in [0, 0.1) is 6.92 Å². The standard InChI is InChI=1S/C11H16N2O3.ClH/c1-7-3-4-9(10(14)5-7)13-11(15)8(12)6-16-2;/h3-5,8,14H,6,12H2,1-2H3,(H,13,15);1H. The zero-order chi connectivity index (χ0) is 12.1. The summed E-state index contributed by atoms with van der Waals surface area (Å²) in [5.74, 6) is -0.362. The SMILES string of the molecule is COCC(N)C(=O)Nc1ccc(C)cc1O.Cl. The predicted molar refractivity (Wildman–Crippen MR) is 68.6 cm³/mol. The maximum Gasteiger partial charge on any atom is 0.243 e. The average Bonchev–Trinajstić information content (AvgIpc) is 2.22. The van der Waals surface area contributed by atoms with E-state index in [1.54, 1.807) is 18.2 Å². The Bertz CT molecular complexity index is 385. The van der Waals surface area contributed by atoms with Gasteiger partial charge < -0.3 is 20.9 Å². The molecule has 6 heteroatoms. The minimum absolute atomic E-state index is 0. The molecule has 0 spiro atoms. The number of ether oxygens (including phenoxy) is 1. The van der Waals surface area contributed by atoms with Gasteiger partial charge in [0.15, 0.2) is 0 Å². The molecule has 1 unspecified atom stereocenters. The largest absolute Gasteiger partial charge is 0.506 e. The highest BCUT2D eigenvalue weighted by Gasteiger charge is 2.14. The number of phenols is 1. The van der Waals surface area contributed by atoms with Gasteiger partial charge in [-0.25, -0.2) is 0 Å². The smallest absolute Gasteiger partial charge is 0.243 e. The molecule has 0 aliphatic rings. The van der Waals surface area contributed by atoms with E-state index in [4.69, 9.17) is 10.5 Å². The summed E-state index contributed by atoms with van der Waals surface area (Å²) in [7, 11) is 1.47. The third-order valence-electron chi connectivity index (χ3n) is 2.09. The summed E-state index contributed by atoms with van der Waals surface area (Å²) in [5.41, 5.74) is 6.80. The van der Waals surface area contributed by atoms with Crippen LogP contribution in [-0.4, -0.2) is 30.8 Å². The molecule has 0 fully saturated rings. The lowest BCUT2D eigenvalue weighted by atomic mass is 10.2. The first kappa shape index (κ1) is 15.7. The van der Waals surface area contributed by atoms with Crippen molar-refractivity contribution < 1.29 is 14.6 Å². The molecule has 1 rings (SSSR count). The molecule has 4 N–H and O–H groups in total. The van der Waals surface area contributed by atoms with Crippen molar-refractivity contribution in [2.24, 2.45) is 5.73 Å². The Morgan fingerprint density at radius 2 is 2.24 bits per heavy atom. The van der Waals surface area contributed by atoms with E-state index in [1.165, 1.54) is 7.11 Å². The van der Waals surface area contributed by atoms with Gasteiger partial charge in [0, 0.05) is 7.11 Å². The number of hydrogen-bond acceptors (Lipinski definition) is 4. The molecule has 17 heavy (non-hydrogen) atoms. The van der Waals surface area contributed by atoms with Crippen LogP contribution in [-0.2, 0) is 9.53 Å². The van der Waals surface area contributed by atoms with E-state index in [-0.39, 0.29) is 30.7 Å². The number of nitrogens with one attached hydrogen (secondary N) is 1. The Labute approximate surface area is 106 Å². The van der Waals surface area contributed by atoms with Crippen LogP contribution in [0.1, 0.15) is 5.56 Å². The molecule has 1 aromatic carbocycles. The summed E-state index contributed by atoms with van der Waals surface area (Å²) >= 11 is 0. The first-order valence-electron chi connectivity index (χ1n) is 4.89. The van der Waals surface area contributed by atoms with Crippen molar-refractivity contribution in [1.82, 2.24) is 0 Å². The van der Waals surface area contributed by atoms with Crippen LogP contribution in [0.25, 0.3) is 0 Å². The van der Waals surface area contributed by atoms with E-state index >= 15 is 0 Å². The third-order valence-corrected chi connectivity index (χ3v) is 2.09. The van der Waals surface area contributed by atoms with E-state index < -0.39 is 6.04 Å². The van der Waals surface area contributed by atoms with Crippen LogP contribution in [0.5, 0.6) is 5.75 Å². The van der Waals surface area contributed by atoms with Crippen molar-refractivity contribution in [3.63, 3.8) is 0 Å². The molecule has 0 aliphatic heterocycles. The van der Waals surface area contributed by atoms with Gasteiger partial charge in [-0.15, -0.1) is 12.4 Å². The second-order valence-electron chi connectivity index (χ2n) is 3.57. The number of anilines is 1. The number of benzene rings is 1. The van der Waals surface area contributed by atoms with E-state index in [1.807, 2.05) is 6.92 Å². The van der Waals surface area contributed by atoms with Gasteiger partial charge in [0.25, 0.3) is 0 Å². The van der Waals surface area contributed by atoms with Crippen molar-refractivity contribution in [2.75, 3.05) is 19.0 Å². The first-order chi connectivity index (χ1) is 7.54. The van der Waals surface area contributed by atoms with Crippen molar-refractivity contribution in [1.29, 1.82) is 0 Å². The number of phenolic OH excluding ortho intramolecular Hbond substituents is 1. The number of rotatable bonds is 4. The molecule has 0 radical (unpaired) electrons. The molecule has 1 atom stereocenters. The predicted octanol–water partition coefficient (Wildman–Crippen LogP) is 1.03. The molecule has 0 aliphatic carbocycles. The van der Waals surface area contributed by atoms with E-state index in [2.05, 4.69) is 5.32 Å². The van der Waals surface area contributed by atoms with Crippen LogP contribution in [0.3, 0.4) is 0 Å². The molecule has 0 aromatic heterocycles. The quantitative estimate of drug-likeness (QED) is 0.706. The fraction of sp³-hybridized carbons (Fsp3) is 0.364. The third kappa shape index (κ3) is 4.60. The Balaban J connectivity index is 0.00000256. The number of methoxy groups -OCH3 is 1. The van der Waals surface area contributed by atoms with Gasteiger partial charge >= 0.3 is 0 Å². The minimum Gasteiger partial charge on any atom is -0.506 e. The summed E-state index contributed by atoms with van der Waals surface area (Å²) in [4.78, 5) is 11.5. The van der Waals surface area contributed by atoms with Crippen molar-refractivity contribution in [3.05, 3.63) is 23.8 Å². The zero-order valence-electron chi connectivity index (χ0n) is 9.77. The number of aromatic hydroxyl groups is 1. The van der Waals surface area contributed by atoms with Gasteiger partial charge in [-0.1, -0.05) is 6.07 Å². The Morgan fingerprint density at radius 3 is 2.76 bits per heavy atom. The second-order valence-corrected chi connectivity index (χ2v) is 3.57. The summed E-state index contributed by atoms with van der Waals surface area (Å²) in [5, 5.41) is 12.1. The summed E-state index contributed by atoms with van der Waals surface area (Å²) in [6, 6.07) is 4.24. The Kier molecular flexibility index (Phi) is 6.57. The highest BCUT2D eigenvalue weighted by atomic mass is 35.5. The number of halogens is 1. The van der Waals surface area contributed by atoms with Crippen LogP contribution in [0.2, 0.25) is 0 Å². The molecular weight excluding hydrogens is 244 g/mol. The van der Waals surface area contributed by atoms with E-state index in [9.17, 15) is 9.90 Å². The Morgan fingerprint density at radius 1 is 1.59 bits per heavy atom. The molecule has 5 nitrogen and oxygen atoms in total. The second kappa shape index (κ2) is 7.11. The summed E-state index contributed by atoms with van der Waals surface area (Å²) in [6.07, 6.45) is 0. The topological polar surface area (TPSA) is 84.6 Å². The van der Waals surface area contributed by atoms with Gasteiger partial charge in [0.2, 0.25) is 5.91 Å². The van der Waals surface area contributed by atoms with Crippen molar-refractivity contribution >= 4 is 24.0 Å². The molecule has 0 saturated carbocycles. The molecule has 96 valence electrons. The van der Waals surface area contributed by atoms with Crippen LogP contribution in [0.15, 0.2) is 18.2 Å². The fourth-order valence-corrected chi connectivity index (χ4v) is 1.23. The lowest BCUT2D eigenvalue weighted by Gasteiger charge is -2.12. The van der Waals surface area contributed by atoms with Gasteiger partial charge in [-0.3, -0.25) is 4.79 Å². The summed E-state index contributed by atoms with van der Waals surface area (Å²) < 4.78 is 4.76. The summed E-state index contributed by atoms with van der Waals surface area (Å²) in [6.45, 7) is 1.99. The lowest BCUT2D eigenvalue weighted by molar-refractivity contribution is -0.118. The fourth-order valence-electron chi connectivity index (χ4n) is 1.23. The van der Waals surface area contributed by atoms with Gasteiger partial charge in [-0.2, -0.15) is 0 Å². The molecule has 1 amide bonds. The number of carbonyl (C=O) groups excluding carboxylic acids is 1. The number of nitrogens with two attached hydrogens (primary N) is 1. The Hall–Kier alpha value is -1.30. The highest BCUT2D eigenvalue weighted by Crippen LogP contribution is 2.23. The maximum atomic E-state index is 11.5. The lowest BCUT2D eigenvalue weighted by Crippen LogP contribution is -2.39. The molecule has 0 bridgehead atoms. The maximum absolute atomic E-state index is 11.5. The van der Waals surface area contributed by atoms with Crippen molar-refractivity contribution in [2.45, 2.75) is 13.0 Å². The van der Waals surface area contributed by atoms with E-state index in [0.717, 1.165) is 5.56 Å². The number of amides is 1.